The van der Waals surface area contributed by atoms with Crippen LogP contribution in [0.5, 0.6) is 0 Å². The van der Waals surface area contributed by atoms with Crippen molar-refractivity contribution < 1.29 is 19.8 Å². The maximum Gasteiger partial charge on any atom is 0.352 e. The standard InChI is InChI=1S/C10H17NO4/c1-6(2)11(7(3)4)8(10(14)15)5-9(12)13/h5-7H,1-4H3,(H,12,13)(H,14,15)/b8-5+. The zero-order valence-corrected chi connectivity index (χ0v) is 9.39. The lowest BCUT2D eigenvalue weighted by Crippen LogP contribution is -2.39. The summed E-state index contributed by atoms with van der Waals surface area (Å²) in [6.45, 7) is 7.27. The third-order valence-electron chi connectivity index (χ3n) is 1.87. The predicted octanol–water partition coefficient (Wildman–Crippen LogP) is 1.16. The van der Waals surface area contributed by atoms with Crippen LogP contribution >= 0.6 is 0 Å². The zero-order chi connectivity index (χ0) is 12.2. The molecule has 0 saturated carbocycles. The van der Waals surface area contributed by atoms with Crippen LogP contribution in [0, 0.1) is 0 Å². The van der Waals surface area contributed by atoms with Crippen molar-refractivity contribution in [1.82, 2.24) is 4.90 Å². The second-order valence-electron chi connectivity index (χ2n) is 3.77. The molecule has 0 saturated heterocycles. The van der Waals surface area contributed by atoms with E-state index in [-0.39, 0.29) is 17.8 Å². The highest BCUT2D eigenvalue weighted by Gasteiger charge is 2.22. The first-order valence-corrected chi connectivity index (χ1v) is 4.73. The molecule has 0 radical (unpaired) electrons. The van der Waals surface area contributed by atoms with Crippen molar-refractivity contribution >= 4 is 11.9 Å². The van der Waals surface area contributed by atoms with Gasteiger partial charge in [-0.3, -0.25) is 0 Å². The molecule has 0 unspecified atom stereocenters. The first-order valence-electron chi connectivity index (χ1n) is 4.73. The van der Waals surface area contributed by atoms with Crippen molar-refractivity contribution in [2.75, 3.05) is 0 Å². The molecule has 0 aromatic rings. The molecule has 5 nitrogen and oxygen atoms in total. The molecule has 0 spiro atoms. The van der Waals surface area contributed by atoms with Crippen LogP contribution in [0.2, 0.25) is 0 Å². The molecular formula is C10H17NO4. The normalized spacial score (nSPS) is 12.0. The minimum Gasteiger partial charge on any atom is -0.478 e. The number of rotatable bonds is 5. The van der Waals surface area contributed by atoms with Crippen molar-refractivity contribution in [3.05, 3.63) is 11.8 Å². The Labute approximate surface area is 89.0 Å². The Bertz CT molecular complexity index is 273. The molecule has 0 fully saturated rings. The van der Waals surface area contributed by atoms with Gasteiger partial charge in [-0.15, -0.1) is 0 Å². The Morgan fingerprint density at radius 3 is 1.67 bits per heavy atom. The van der Waals surface area contributed by atoms with Crippen molar-refractivity contribution in [3.63, 3.8) is 0 Å². The molecule has 0 aliphatic rings. The molecule has 0 aromatic heterocycles. The molecule has 15 heavy (non-hydrogen) atoms. The fourth-order valence-electron chi connectivity index (χ4n) is 1.52. The molecule has 0 aliphatic carbocycles. The van der Waals surface area contributed by atoms with E-state index in [9.17, 15) is 9.59 Å². The highest BCUT2D eigenvalue weighted by molar-refractivity contribution is 5.94. The van der Waals surface area contributed by atoms with Gasteiger partial charge < -0.3 is 15.1 Å². The molecule has 0 rings (SSSR count). The van der Waals surface area contributed by atoms with Crippen LogP contribution < -0.4 is 0 Å². The number of carboxylic acids is 2. The van der Waals surface area contributed by atoms with E-state index in [1.165, 1.54) is 0 Å². The van der Waals surface area contributed by atoms with Gasteiger partial charge >= 0.3 is 11.9 Å². The van der Waals surface area contributed by atoms with E-state index in [0.717, 1.165) is 6.08 Å². The summed E-state index contributed by atoms with van der Waals surface area (Å²) in [7, 11) is 0. The lowest BCUT2D eigenvalue weighted by Gasteiger charge is -2.32. The number of hydrogen-bond acceptors (Lipinski definition) is 3. The predicted molar refractivity (Wildman–Crippen MR) is 55.5 cm³/mol. The van der Waals surface area contributed by atoms with Gasteiger partial charge in [0.2, 0.25) is 0 Å². The van der Waals surface area contributed by atoms with Gasteiger partial charge in [-0.2, -0.15) is 0 Å². The van der Waals surface area contributed by atoms with E-state index < -0.39 is 11.9 Å². The summed E-state index contributed by atoms with van der Waals surface area (Å²) < 4.78 is 0. The van der Waals surface area contributed by atoms with Crippen molar-refractivity contribution in [2.24, 2.45) is 0 Å². The molecule has 0 amide bonds. The lowest BCUT2D eigenvalue weighted by atomic mass is 10.2. The lowest BCUT2D eigenvalue weighted by molar-refractivity contribution is -0.137. The summed E-state index contributed by atoms with van der Waals surface area (Å²) in [6, 6.07) is -0.126. The number of aliphatic carboxylic acids is 2. The topological polar surface area (TPSA) is 77.8 Å². The maximum atomic E-state index is 10.9. The van der Waals surface area contributed by atoms with Gasteiger partial charge in [0, 0.05) is 12.1 Å². The molecule has 0 aliphatic heterocycles. The molecular weight excluding hydrogens is 198 g/mol. The molecule has 0 aromatic carbocycles. The van der Waals surface area contributed by atoms with Crippen LogP contribution in [0.3, 0.4) is 0 Å². The molecule has 2 N–H and O–H groups in total. The Balaban J connectivity index is 5.20. The number of hydrogen-bond donors (Lipinski definition) is 2. The summed E-state index contributed by atoms with van der Waals surface area (Å²) in [5.74, 6) is -2.47. The third kappa shape index (κ3) is 4.01. The highest BCUT2D eigenvalue weighted by Crippen LogP contribution is 2.14. The molecule has 86 valence electrons. The van der Waals surface area contributed by atoms with Crippen LogP contribution in [0.15, 0.2) is 11.8 Å². The van der Waals surface area contributed by atoms with Gasteiger partial charge in [-0.25, -0.2) is 9.59 Å². The van der Waals surface area contributed by atoms with E-state index in [1.54, 1.807) is 4.90 Å². The fourth-order valence-corrected chi connectivity index (χ4v) is 1.52. The summed E-state index contributed by atoms with van der Waals surface area (Å²) in [4.78, 5) is 23.0. The minimum atomic E-state index is -1.25. The number of nitrogens with zero attached hydrogens (tertiary/aromatic N) is 1. The smallest absolute Gasteiger partial charge is 0.352 e. The minimum absolute atomic E-state index is 0.0632. The van der Waals surface area contributed by atoms with Crippen molar-refractivity contribution in [2.45, 2.75) is 39.8 Å². The summed E-state index contributed by atoms with van der Waals surface area (Å²) in [5, 5.41) is 17.5. The monoisotopic (exact) mass is 215 g/mol. The van der Waals surface area contributed by atoms with Gasteiger partial charge in [0.1, 0.15) is 5.70 Å². The van der Waals surface area contributed by atoms with Crippen molar-refractivity contribution in [3.8, 4) is 0 Å². The number of carbonyl (C=O) groups is 2. The quantitative estimate of drug-likeness (QED) is 0.673. The van der Waals surface area contributed by atoms with E-state index >= 15 is 0 Å². The maximum absolute atomic E-state index is 10.9. The van der Waals surface area contributed by atoms with Gasteiger partial charge in [-0.05, 0) is 27.7 Å². The SMILES string of the molecule is CC(C)N(/C(=C/C(=O)O)C(=O)O)C(C)C. The number of carboxylic acid groups (broad SMARTS) is 2. The molecule has 0 atom stereocenters. The Morgan fingerprint density at radius 1 is 1.07 bits per heavy atom. The van der Waals surface area contributed by atoms with Crippen LogP contribution in [0.1, 0.15) is 27.7 Å². The van der Waals surface area contributed by atoms with Gasteiger partial charge in [0.25, 0.3) is 0 Å². The van der Waals surface area contributed by atoms with E-state index in [0.29, 0.717) is 0 Å². The molecule has 5 heteroatoms. The Hall–Kier alpha value is -1.52. The van der Waals surface area contributed by atoms with Crippen molar-refractivity contribution in [1.29, 1.82) is 0 Å². The molecule has 0 heterocycles. The average Bonchev–Trinajstić information content (AvgIpc) is 2.00. The van der Waals surface area contributed by atoms with Gasteiger partial charge in [0.05, 0.1) is 6.08 Å². The van der Waals surface area contributed by atoms with Gasteiger partial charge in [0.15, 0.2) is 0 Å². The summed E-state index contributed by atoms with van der Waals surface area (Å²) in [5.41, 5.74) is -0.187. The summed E-state index contributed by atoms with van der Waals surface area (Å²) >= 11 is 0. The first kappa shape index (κ1) is 13.5. The second kappa shape index (κ2) is 5.38. The van der Waals surface area contributed by atoms with Crippen LogP contribution in [-0.2, 0) is 9.59 Å². The highest BCUT2D eigenvalue weighted by atomic mass is 16.4. The van der Waals surface area contributed by atoms with E-state index in [1.807, 2.05) is 27.7 Å². The largest absolute Gasteiger partial charge is 0.478 e. The van der Waals surface area contributed by atoms with E-state index in [2.05, 4.69) is 0 Å². The Morgan fingerprint density at radius 2 is 1.47 bits per heavy atom. The van der Waals surface area contributed by atoms with Crippen LogP contribution in [0.4, 0.5) is 0 Å². The van der Waals surface area contributed by atoms with Crippen LogP contribution in [-0.4, -0.2) is 39.1 Å². The average molecular weight is 215 g/mol. The van der Waals surface area contributed by atoms with Gasteiger partial charge in [-0.1, -0.05) is 0 Å². The summed E-state index contributed by atoms with van der Waals surface area (Å²) in [6.07, 6.45) is 0.725. The first-order chi connectivity index (χ1) is 6.77. The van der Waals surface area contributed by atoms with Crippen LogP contribution in [0.25, 0.3) is 0 Å². The molecule has 0 bridgehead atoms. The van der Waals surface area contributed by atoms with E-state index in [4.69, 9.17) is 10.2 Å². The fraction of sp³-hybridized carbons (Fsp3) is 0.600. The zero-order valence-electron chi connectivity index (χ0n) is 9.39. The second-order valence-corrected chi connectivity index (χ2v) is 3.77. The third-order valence-corrected chi connectivity index (χ3v) is 1.87. The Kier molecular flexibility index (Phi) is 4.84.